The Labute approximate surface area is 99.8 Å². The van der Waals surface area contributed by atoms with Crippen LogP contribution in [0.3, 0.4) is 0 Å². The van der Waals surface area contributed by atoms with E-state index in [0.717, 1.165) is 10.4 Å². The van der Waals surface area contributed by atoms with Crippen LogP contribution in [-0.2, 0) is 9.22 Å². The first-order valence-electron chi connectivity index (χ1n) is 5.37. The van der Waals surface area contributed by atoms with Gasteiger partial charge < -0.3 is 4.43 Å². The van der Waals surface area contributed by atoms with Crippen molar-refractivity contribution in [1.29, 1.82) is 0 Å². The molecule has 0 aromatic carbocycles. The zero-order valence-electron chi connectivity index (χ0n) is 11.0. The fraction of sp³-hybridized carbons (Fsp3) is 0.462. The number of carbonyl (C=O) groups is 1. The van der Waals surface area contributed by atoms with Gasteiger partial charge in [0.05, 0.1) is 0 Å². The SMILES string of the molecule is C=C(C)C(=O)O[Si](C(=C)C)(C(=C)C)C(C)C. The lowest BCUT2D eigenvalue weighted by molar-refractivity contribution is -0.130. The monoisotopic (exact) mass is 238 g/mol. The quantitative estimate of drug-likeness (QED) is 0.539. The molecular formula is C13H22O2Si. The van der Waals surface area contributed by atoms with Crippen LogP contribution in [0.15, 0.2) is 35.7 Å². The fourth-order valence-electron chi connectivity index (χ4n) is 1.88. The smallest absolute Gasteiger partial charge is 0.320 e. The highest BCUT2D eigenvalue weighted by molar-refractivity contribution is 6.89. The van der Waals surface area contributed by atoms with Crippen LogP contribution in [0, 0.1) is 0 Å². The number of hydrogen-bond acceptors (Lipinski definition) is 2. The minimum Gasteiger partial charge on any atom is -0.507 e. The van der Waals surface area contributed by atoms with Crippen molar-refractivity contribution in [2.24, 2.45) is 0 Å². The summed E-state index contributed by atoms with van der Waals surface area (Å²) in [5.74, 6) is -0.341. The van der Waals surface area contributed by atoms with Gasteiger partial charge in [0.25, 0.3) is 0 Å². The lowest BCUT2D eigenvalue weighted by Gasteiger charge is -2.35. The van der Waals surface area contributed by atoms with E-state index in [1.165, 1.54) is 0 Å². The summed E-state index contributed by atoms with van der Waals surface area (Å²) >= 11 is 0. The summed E-state index contributed by atoms with van der Waals surface area (Å²) in [6, 6.07) is 0. The molecule has 0 unspecified atom stereocenters. The number of allylic oxidation sites excluding steroid dienone is 2. The predicted molar refractivity (Wildman–Crippen MR) is 71.4 cm³/mol. The molecule has 0 saturated carbocycles. The van der Waals surface area contributed by atoms with Gasteiger partial charge in [-0.1, -0.05) is 20.4 Å². The first kappa shape index (κ1) is 14.9. The van der Waals surface area contributed by atoms with Crippen molar-refractivity contribution >= 4 is 14.3 Å². The van der Waals surface area contributed by atoms with E-state index in [0.29, 0.717) is 5.57 Å². The molecule has 90 valence electrons. The van der Waals surface area contributed by atoms with Gasteiger partial charge in [0.15, 0.2) is 0 Å². The van der Waals surface area contributed by atoms with E-state index in [9.17, 15) is 4.79 Å². The molecule has 0 rings (SSSR count). The highest BCUT2D eigenvalue weighted by atomic mass is 28.4. The fourth-order valence-corrected chi connectivity index (χ4v) is 5.63. The van der Waals surface area contributed by atoms with Crippen LogP contribution >= 0.6 is 0 Å². The van der Waals surface area contributed by atoms with Gasteiger partial charge in [0.1, 0.15) is 0 Å². The minimum absolute atomic E-state index is 0.228. The topological polar surface area (TPSA) is 26.3 Å². The molecule has 0 aromatic rings. The summed E-state index contributed by atoms with van der Waals surface area (Å²) < 4.78 is 5.69. The summed E-state index contributed by atoms with van der Waals surface area (Å²) in [6.45, 7) is 21.1. The maximum atomic E-state index is 11.7. The Balaban J connectivity index is 5.39. The van der Waals surface area contributed by atoms with Gasteiger partial charge >= 0.3 is 14.3 Å². The molecule has 0 amide bonds. The van der Waals surface area contributed by atoms with Gasteiger partial charge in [-0.05, 0) is 36.7 Å². The van der Waals surface area contributed by atoms with Crippen molar-refractivity contribution < 1.29 is 9.22 Å². The molecule has 0 aromatic heterocycles. The molecule has 0 saturated heterocycles. The van der Waals surface area contributed by atoms with Gasteiger partial charge in [-0.15, -0.1) is 13.2 Å². The normalized spacial score (nSPS) is 11.1. The molecule has 0 bridgehead atoms. The molecule has 0 N–H and O–H groups in total. The van der Waals surface area contributed by atoms with Crippen molar-refractivity contribution in [2.75, 3.05) is 0 Å². The van der Waals surface area contributed by atoms with E-state index >= 15 is 0 Å². The molecule has 0 radical (unpaired) electrons. The third-order valence-corrected chi connectivity index (χ3v) is 7.35. The third-order valence-electron chi connectivity index (χ3n) is 2.68. The molecule has 16 heavy (non-hydrogen) atoms. The first-order chi connectivity index (χ1) is 7.16. The van der Waals surface area contributed by atoms with Gasteiger partial charge in [-0.3, -0.25) is 0 Å². The highest BCUT2D eigenvalue weighted by Gasteiger charge is 2.44. The second-order valence-electron chi connectivity index (χ2n) is 4.62. The van der Waals surface area contributed by atoms with E-state index in [1.54, 1.807) is 6.92 Å². The Morgan fingerprint density at radius 1 is 1.06 bits per heavy atom. The summed E-state index contributed by atoms with van der Waals surface area (Å²) in [7, 11) is -2.45. The van der Waals surface area contributed by atoms with Crippen LogP contribution in [0.4, 0.5) is 0 Å². The summed E-state index contributed by atoms with van der Waals surface area (Å²) in [5, 5.41) is 1.84. The lowest BCUT2D eigenvalue weighted by atomic mass is 10.4. The average Bonchev–Trinajstić information content (AvgIpc) is 2.11. The number of hydrogen-bond donors (Lipinski definition) is 0. The molecule has 0 heterocycles. The van der Waals surface area contributed by atoms with Gasteiger partial charge in [0.2, 0.25) is 0 Å². The molecule has 0 spiro atoms. The lowest BCUT2D eigenvalue weighted by Crippen LogP contribution is -2.46. The van der Waals surface area contributed by atoms with Gasteiger partial charge in [-0.25, -0.2) is 4.79 Å². The maximum Gasteiger partial charge on any atom is 0.320 e. The van der Waals surface area contributed by atoms with E-state index in [1.807, 2.05) is 27.7 Å². The van der Waals surface area contributed by atoms with Crippen molar-refractivity contribution in [1.82, 2.24) is 0 Å². The van der Waals surface area contributed by atoms with Crippen molar-refractivity contribution in [3.05, 3.63) is 35.7 Å². The van der Waals surface area contributed by atoms with Crippen molar-refractivity contribution in [3.63, 3.8) is 0 Å². The number of carbonyl (C=O) groups excluding carboxylic acids is 1. The Morgan fingerprint density at radius 3 is 1.62 bits per heavy atom. The van der Waals surface area contributed by atoms with E-state index < -0.39 is 8.32 Å². The second-order valence-corrected chi connectivity index (χ2v) is 9.16. The highest BCUT2D eigenvalue weighted by Crippen LogP contribution is 2.34. The summed E-state index contributed by atoms with van der Waals surface area (Å²) in [4.78, 5) is 11.7. The van der Waals surface area contributed by atoms with Gasteiger partial charge in [0, 0.05) is 5.57 Å². The average molecular weight is 238 g/mol. The summed E-state index contributed by atoms with van der Waals surface area (Å²) in [5.41, 5.74) is 0.644. The summed E-state index contributed by atoms with van der Waals surface area (Å²) in [6.07, 6.45) is 0. The van der Waals surface area contributed by atoms with Crippen molar-refractivity contribution in [3.8, 4) is 0 Å². The number of rotatable bonds is 5. The molecule has 0 atom stereocenters. The second kappa shape index (κ2) is 5.30. The molecule has 0 aliphatic heterocycles. The van der Waals surface area contributed by atoms with Crippen LogP contribution in [0.1, 0.15) is 34.6 Å². The molecule has 0 aliphatic carbocycles. The first-order valence-corrected chi connectivity index (χ1v) is 7.35. The van der Waals surface area contributed by atoms with Crippen LogP contribution in [0.2, 0.25) is 5.54 Å². The van der Waals surface area contributed by atoms with Crippen LogP contribution in [0.25, 0.3) is 0 Å². The molecule has 0 fully saturated rings. The van der Waals surface area contributed by atoms with Crippen LogP contribution in [0.5, 0.6) is 0 Å². The Hall–Kier alpha value is -1.09. The zero-order chi connectivity index (χ0) is 13.1. The standard InChI is InChI=1S/C13H22O2Si/c1-9(2)13(14)15-16(10(3)4,11(5)6)12(7)8/h12H,1,3,5H2,2,4,6-8H3. The molecular weight excluding hydrogens is 216 g/mol. The van der Waals surface area contributed by atoms with E-state index in [2.05, 4.69) is 19.7 Å². The molecule has 3 heteroatoms. The molecule has 2 nitrogen and oxygen atoms in total. The third kappa shape index (κ3) is 2.73. The molecule has 0 aliphatic rings. The minimum atomic E-state index is -2.45. The van der Waals surface area contributed by atoms with Gasteiger partial charge in [-0.2, -0.15) is 0 Å². The van der Waals surface area contributed by atoms with E-state index in [4.69, 9.17) is 4.43 Å². The largest absolute Gasteiger partial charge is 0.507 e. The van der Waals surface area contributed by atoms with Crippen LogP contribution in [-0.4, -0.2) is 14.3 Å². The van der Waals surface area contributed by atoms with Crippen LogP contribution < -0.4 is 0 Å². The zero-order valence-corrected chi connectivity index (χ0v) is 12.0. The Morgan fingerprint density at radius 2 is 1.44 bits per heavy atom. The van der Waals surface area contributed by atoms with Crippen molar-refractivity contribution in [2.45, 2.75) is 40.2 Å². The predicted octanol–water partition coefficient (Wildman–Crippen LogP) is 3.69. The van der Waals surface area contributed by atoms with E-state index in [-0.39, 0.29) is 11.5 Å². The maximum absolute atomic E-state index is 11.7. The Bertz CT molecular complexity index is 326. The Kier molecular flexibility index (Phi) is 4.94.